The largest absolute Gasteiger partial charge is 0.396 e. The van der Waals surface area contributed by atoms with E-state index in [0.717, 1.165) is 31.5 Å². The Morgan fingerprint density at radius 3 is 2.93 bits per heavy atom. The summed E-state index contributed by atoms with van der Waals surface area (Å²) in [6.45, 7) is 1.16. The van der Waals surface area contributed by atoms with Crippen molar-refractivity contribution >= 4 is 11.4 Å². The van der Waals surface area contributed by atoms with Crippen molar-refractivity contribution in [3.05, 3.63) is 18.5 Å². The van der Waals surface area contributed by atoms with Crippen LogP contribution < -0.4 is 11.1 Å². The summed E-state index contributed by atoms with van der Waals surface area (Å²) in [4.78, 5) is 3.90. The fourth-order valence-electron chi connectivity index (χ4n) is 1.20. The Balaban J connectivity index is 2.21. The highest BCUT2D eigenvalue weighted by Gasteiger charge is 1.95. The Bertz CT molecular complexity index is 265. The molecule has 0 aromatic carbocycles. The summed E-state index contributed by atoms with van der Waals surface area (Å²) in [7, 11) is 0. The van der Waals surface area contributed by atoms with Crippen LogP contribution in [0.4, 0.5) is 11.4 Å². The molecule has 0 amide bonds. The van der Waals surface area contributed by atoms with Crippen LogP contribution in [0.2, 0.25) is 0 Å². The normalized spacial score (nSPS) is 10.1. The van der Waals surface area contributed by atoms with E-state index in [1.54, 1.807) is 12.4 Å². The molecular weight excluding hydrogens is 178 g/mol. The molecule has 0 bridgehead atoms. The molecule has 1 aromatic rings. The minimum atomic E-state index is 0.275. The Hall–Kier alpha value is -1.29. The van der Waals surface area contributed by atoms with Gasteiger partial charge in [-0.3, -0.25) is 4.98 Å². The zero-order chi connectivity index (χ0) is 10.2. The van der Waals surface area contributed by atoms with Crippen LogP contribution in [0.25, 0.3) is 0 Å². The Kier molecular flexibility index (Phi) is 4.78. The molecule has 4 N–H and O–H groups in total. The van der Waals surface area contributed by atoms with E-state index in [-0.39, 0.29) is 6.61 Å². The average molecular weight is 195 g/mol. The van der Waals surface area contributed by atoms with Gasteiger partial charge in [0.1, 0.15) is 0 Å². The predicted octanol–water partition coefficient (Wildman–Crippen LogP) is 1.24. The molecule has 0 atom stereocenters. The molecular formula is C10H17N3O. The maximum Gasteiger partial charge on any atom is 0.0736 e. The van der Waals surface area contributed by atoms with Crippen molar-refractivity contribution in [2.24, 2.45) is 0 Å². The molecule has 0 saturated heterocycles. The topological polar surface area (TPSA) is 71.2 Å². The van der Waals surface area contributed by atoms with E-state index >= 15 is 0 Å². The van der Waals surface area contributed by atoms with Gasteiger partial charge in [0, 0.05) is 19.3 Å². The molecule has 0 saturated carbocycles. The molecule has 1 rings (SSSR count). The molecule has 4 nitrogen and oxygen atoms in total. The molecule has 1 heterocycles. The molecule has 78 valence electrons. The van der Waals surface area contributed by atoms with Crippen molar-refractivity contribution in [3.8, 4) is 0 Å². The number of pyridine rings is 1. The number of hydrogen-bond acceptors (Lipinski definition) is 4. The third kappa shape index (κ3) is 3.62. The van der Waals surface area contributed by atoms with Crippen LogP contribution in [0, 0.1) is 0 Å². The summed E-state index contributed by atoms with van der Waals surface area (Å²) in [6.07, 6.45) is 6.30. The summed E-state index contributed by atoms with van der Waals surface area (Å²) in [5, 5.41) is 11.8. The highest BCUT2D eigenvalue weighted by molar-refractivity contribution is 5.63. The molecule has 4 heteroatoms. The van der Waals surface area contributed by atoms with Crippen molar-refractivity contribution in [3.63, 3.8) is 0 Å². The van der Waals surface area contributed by atoms with E-state index in [9.17, 15) is 0 Å². The first kappa shape index (κ1) is 10.8. The van der Waals surface area contributed by atoms with Gasteiger partial charge >= 0.3 is 0 Å². The molecule has 0 aliphatic rings. The first-order valence-electron chi connectivity index (χ1n) is 4.89. The second-order valence-electron chi connectivity index (χ2n) is 3.17. The molecule has 0 aliphatic carbocycles. The average Bonchev–Trinajstić information content (AvgIpc) is 2.20. The number of unbranched alkanes of at least 4 members (excludes halogenated alkanes) is 2. The molecule has 0 spiro atoms. The van der Waals surface area contributed by atoms with E-state index in [1.165, 1.54) is 0 Å². The van der Waals surface area contributed by atoms with E-state index in [1.807, 2.05) is 6.07 Å². The fraction of sp³-hybridized carbons (Fsp3) is 0.500. The van der Waals surface area contributed by atoms with E-state index in [4.69, 9.17) is 10.8 Å². The second kappa shape index (κ2) is 6.21. The lowest BCUT2D eigenvalue weighted by molar-refractivity contribution is 0.283. The highest BCUT2D eigenvalue weighted by Crippen LogP contribution is 2.14. The standard InChI is InChI=1S/C10H17N3O/c11-9-8-12-6-4-10(9)13-5-2-1-3-7-14/h4,6,8,14H,1-3,5,7,11H2,(H,12,13). The quantitative estimate of drug-likeness (QED) is 0.597. The van der Waals surface area contributed by atoms with Gasteiger partial charge in [0.25, 0.3) is 0 Å². The molecule has 1 aromatic heterocycles. The van der Waals surface area contributed by atoms with Gasteiger partial charge in [0.05, 0.1) is 17.6 Å². The maximum absolute atomic E-state index is 8.58. The van der Waals surface area contributed by atoms with Crippen LogP contribution in [0.3, 0.4) is 0 Å². The molecule has 0 fully saturated rings. The third-order valence-corrected chi connectivity index (χ3v) is 2.00. The first-order valence-corrected chi connectivity index (χ1v) is 4.89. The lowest BCUT2D eigenvalue weighted by atomic mass is 10.2. The molecule has 14 heavy (non-hydrogen) atoms. The number of nitrogens with zero attached hydrogens (tertiary/aromatic N) is 1. The Labute approximate surface area is 84.2 Å². The van der Waals surface area contributed by atoms with Gasteiger partial charge in [-0.1, -0.05) is 0 Å². The van der Waals surface area contributed by atoms with Crippen LogP contribution in [0.5, 0.6) is 0 Å². The van der Waals surface area contributed by atoms with Crippen molar-refractivity contribution in [2.75, 3.05) is 24.2 Å². The fourth-order valence-corrected chi connectivity index (χ4v) is 1.20. The van der Waals surface area contributed by atoms with Gasteiger partial charge in [-0.2, -0.15) is 0 Å². The van der Waals surface area contributed by atoms with Crippen molar-refractivity contribution in [2.45, 2.75) is 19.3 Å². The Morgan fingerprint density at radius 2 is 2.21 bits per heavy atom. The number of nitrogens with one attached hydrogen (secondary N) is 1. The number of anilines is 2. The number of hydrogen-bond donors (Lipinski definition) is 3. The maximum atomic E-state index is 8.58. The summed E-state index contributed by atoms with van der Waals surface area (Å²) in [5.74, 6) is 0. The first-order chi connectivity index (χ1) is 6.84. The minimum absolute atomic E-state index is 0.275. The SMILES string of the molecule is Nc1cnccc1NCCCCCO. The van der Waals surface area contributed by atoms with Crippen LogP contribution in [-0.4, -0.2) is 23.2 Å². The van der Waals surface area contributed by atoms with Crippen LogP contribution >= 0.6 is 0 Å². The van der Waals surface area contributed by atoms with Gasteiger partial charge in [-0.15, -0.1) is 0 Å². The zero-order valence-electron chi connectivity index (χ0n) is 8.24. The van der Waals surface area contributed by atoms with Crippen molar-refractivity contribution in [1.29, 1.82) is 0 Å². The second-order valence-corrected chi connectivity index (χ2v) is 3.17. The van der Waals surface area contributed by atoms with Gasteiger partial charge in [0.2, 0.25) is 0 Å². The van der Waals surface area contributed by atoms with Crippen LogP contribution in [0.1, 0.15) is 19.3 Å². The lowest BCUT2D eigenvalue weighted by Crippen LogP contribution is -2.04. The van der Waals surface area contributed by atoms with Gasteiger partial charge in [-0.25, -0.2) is 0 Å². The van der Waals surface area contributed by atoms with Crippen LogP contribution in [0.15, 0.2) is 18.5 Å². The predicted molar refractivity (Wildman–Crippen MR) is 58.1 cm³/mol. The number of aliphatic hydroxyl groups is 1. The summed E-state index contributed by atoms with van der Waals surface area (Å²) < 4.78 is 0. The highest BCUT2D eigenvalue weighted by atomic mass is 16.2. The number of nitrogen functional groups attached to an aromatic ring is 1. The van der Waals surface area contributed by atoms with Gasteiger partial charge in [-0.05, 0) is 25.3 Å². The molecule has 0 unspecified atom stereocenters. The summed E-state index contributed by atoms with van der Waals surface area (Å²) in [5.41, 5.74) is 7.31. The summed E-state index contributed by atoms with van der Waals surface area (Å²) >= 11 is 0. The minimum Gasteiger partial charge on any atom is -0.396 e. The molecule has 0 aliphatic heterocycles. The number of aromatic nitrogens is 1. The number of rotatable bonds is 6. The number of nitrogens with two attached hydrogens (primary N) is 1. The van der Waals surface area contributed by atoms with Gasteiger partial charge < -0.3 is 16.2 Å². The number of aliphatic hydroxyl groups excluding tert-OH is 1. The Morgan fingerprint density at radius 1 is 1.36 bits per heavy atom. The van der Waals surface area contributed by atoms with E-state index in [2.05, 4.69) is 10.3 Å². The zero-order valence-corrected chi connectivity index (χ0v) is 8.24. The monoisotopic (exact) mass is 195 g/mol. The summed E-state index contributed by atoms with van der Waals surface area (Å²) in [6, 6.07) is 1.86. The van der Waals surface area contributed by atoms with Crippen molar-refractivity contribution < 1.29 is 5.11 Å². The smallest absolute Gasteiger partial charge is 0.0736 e. The lowest BCUT2D eigenvalue weighted by Gasteiger charge is -2.07. The van der Waals surface area contributed by atoms with Crippen LogP contribution in [-0.2, 0) is 0 Å². The third-order valence-electron chi connectivity index (χ3n) is 2.00. The van der Waals surface area contributed by atoms with Crippen molar-refractivity contribution in [1.82, 2.24) is 4.98 Å². The van der Waals surface area contributed by atoms with E-state index in [0.29, 0.717) is 5.69 Å². The van der Waals surface area contributed by atoms with Gasteiger partial charge in [0.15, 0.2) is 0 Å². The molecule has 0 radical (unpaired) electrons. The van der Waals surface area contributed by atoms with E-state index < -0.39 is 0 Å².